The summed E-state index contributed by atoms with van der Waals surface area (Å²) in [4.78, 5) is 19.6. The first-order chi connectivity index (χ1) is 8.19. The molecule has 0 saturated carbocycles. The van der Waals surface area contributed by atoms with Crippen LogP contribution in [0.1, 0.15) is 23.8 Å². The molecule has 92 valence electrons. The molecule has 2 heterocycles. The van der Waals surface area contributed by atoms with Crippen LogP contribution in [0.15, 0.2) is 12.4 Å². The average Bonchev–Trinajstić information content (AvgIpc) is 2.75. The van der Waals surface area contributed by atoms with Gasteiger partial charge >= 0.3 is 0 Å². The molecule has 17 heavy (non-hydrogen) atoms. The largest absolute Gasteiger partial charge is 0.481 e. The molecule has 2 rings (SSSR count). The zero-order valence-corrected chi connectivity index (χ0v) is 9.73. The van der Waals surface area contributed by atoms with Crippen LogP contribution in [-0.4, -0.2) is 35.2 Å². The Hall–Kier alpha value is -1.73. The summed E-state index contributed by atoms with van der Waals surface area (Å²) in [6.45, 7) is 2.03. The van der Waals surface area contributed by atoms with Gasteiger partial charge < -0.3 is 10.1 Å². The van der Waals surface area contributed by atoms with Crippen molar-refractivity contribution in [3.63, 3.8) is 0 Å². The minimum atomic E-state index is -0.251. The third-order valence-corrected chi connectivity index (χ3v) is 2.48. The van der Waals surface area contributed by atoms with Crippen molar-refractivity contribution in [1.82, 2.24) is 26.1 Å². The number of amides is 1. The summed E-state index contributed by atoms with van der Waals surface area (Å²) in [5.41, 5.74) is 6.30. The standard InChI is InChI=1S/C10H15N5O2/c1-6-3-8(15-14-6)13-10(16)7-4-9(17-2)12-5-11-7/h4-6,8,14-15H,3H2,1-2H3,(H,13,16). The van der Waals surface area contributed by atoms with Gasteiger partial charge in [-0.3, -0.25) is 10.2 Å². The van der Waals surface area contributed by atoms with Gasteiger partial charge in [0.15, 0.2) is 0 Å². The predicted octanol–water partition coefficient (Wildman–Crippen LogP) is -0.572. The molecule has 7 heteroatoms. The topological polar surface area (TPSA) is 88.2 Å². The van der Waals surface area contributed by atoms with Crippen molar-refractivity contribution in [1.29, 1.82) is 0 Å². The number of carbonyl (C=O) groups is 1. The zero-order valence-electron chi connectivity index (χ0n) is 9.73. The molecule has 1 amide bonds. The van der Waals surface area contributed by atoms with Gasteiger partial charge in [-0.05, 0) is 13.3 Å². The van der Waals surface area contributed by atoms with Crippen LogP contribution >= 0.6 is 0 Å². The molecule has 0 bridgehead atoms. The van der Waals surface area contributed by atoms with Gasteiger partial charge in [-0.25, -0.2) is 15.4 Å². The van der Waals surface area contributed by atoms with E-state index in [2.05, 4.69) is 26.1 Å². The maximum atomic E-state index is 11.9. The molecule has 0 spiro atoms. The second-order valence-corrected chi connectivity index (χ2v) is 3.90. The first-order valence-corrected chi connectivity index (χ1v) is 5.37. The van der Waals surface area contributed by atoms with Crippen LogP contribution in [-0.2, 0) is 0 Å². The smallest absolute Gasteiger partial charge is 0.271 e. The fourth-order valence-electron chi connectivity index (χ4n) is 1.62. The van der Waals surface area contributed by atoms with Crippen molar-refractivity contribution < 1.29 is 9.53 Å². The van der Waals surface area contributed by atoms with Crippen molar-refractivity contribution in [3.8, 4) is 5.88 Å². The van der Waals surface area contributed by atoms with Crippen LogP contribution in [0.4, 0.5) is 0 Å². The van der Waals surface area contributed by atoms with Gasteiger partial charge in [0.25, 0.3) is 5.91 Å². The van der Waals surface area contributed by atoms with Gasteiger partial charge in [-0.15, -0.1) is 0 Å². The van der Waals surface area contributed by atoms with Gasteiger partial charge in [0, 0.05) is 12.1 Å². The molecule has 0 aliphatic carbocycles. The van der Waals surface area contributed by atoms with Gasteiger partial charge in [-0.1, -0.05) is 0 Å². The lowest BCUT2D eigenvalue weighted by Crippen LogP contribution is -2.44. The highest BCUT2D eigenvalue weighted by atomic mass is 16.5. The summed E-state index contributed by atoms with van der Waals surface area (Å²) in [7, 11) is 1.49. The third-order valence-electron chi connectivity index (χ3n) is 2.48. The van der Waals surface area contributed by atoms with E-state index in [-0.39, 0.29) is 12.1 Å². The number of nitrogens with zero attached hydrogens (tertiary/aromatic N) is 2. The highest BCUT2D eigenvalue weighted by Crippen LogP contribution is 2.07. The van der Waals surface area contributed by atoms with E-state index in [1.165, 1.54) is 19.5 Å². The molecular weight excluding hydrogens is 222 g/mol. The molecule has 3 N–H and O–H groups in total. The fraction of sp³-hybridized carbons (Fsp3) is 0.500. The van der Waals surface area contributed by atoms with Gasteiger partial charge in [-0.2, -0.15) is 0 Å². The Labute approximate surface area is 98.9 Å². The number of hydrogen-bond donors (Lipinski definition) is 3. The first-order valence-electron chi connectivity index (χ1n) is 5.37. The average molecular weight is 237 g/mol. The van der Waals surface area contributed by atoms with Crippen LogP contribution in [0.3, 0.4) is 0 Å². The number of nitrogens with one attached hydrogen (secondary N) is 3. The maximum Gasteiger partial charge on any atom is 0.271 e. The minimum absolute atomic E-state index is 0.0848. The lowest BCUT2D eigenvalue weighted by molar-refractivity contribution is 0.0926. The summed E-state index contributed by atoms with van der Waals surface area (Å²) < 4.78 is 4.93. The Morgan fingerprint density at radius 3 is 3.00 bits per heavy atom. The summed E-state index contributed by atoms with van der Waals surface area (Å²) >= 11 is 0. The lowest BCUT2D eigenvalue weighted by Gasteiger charge is -2.11. The van der Waals surface area contributed by atoms with E-state index in [9.17, 15) is 4.79 Å². The summed E-state index contributed by atoms with van der Waals surface area (Å²) in [6, 6.07) is 1.83. The van der Waals surface area contributed by atoms with E-state index in [0.29, 0.717) is 17.6 Å². The van der Waals surface area contributed by atoms with E-state index in [1.807, 2.05) is 6.92 Å². The number of methoxy groups -OCH3 is 1. The Bertz CT molecular complexity index is 411. The van der Waals surface area contributed by atoms with Crippen molar-refractivity contribution in [2.24, 2.45) is 0 Å². The Balaban J connectivity index is 1.99. The first kappa shape index (κ1) is 11.7. The highest BCUT2D eigenvalue weighted by Gasteiger charge is 2.22. The Kier molecular flexibility index (Phi) is 3.50. The molecule has 0 radical (unpaired) electrons. The second kappa shape index (κ2) is 5.07. The van der Waals surface area contributed by atoms with Crippen LogP contribution in [0.2, 0.25) is 0 Å². The van der Waals surface area contributed by atoms with Crippen molar-refractivity contribution in [3.05, 3.63) is 18.1 Å². The maximum absolute atomic E-state index is 11.9. The van der Waals surface area contributed by atoms with E-state index in [1.54, 1.807) is 0 Å². The Morgan fingerprint density at radius 2 is 2.35 bits per heavy atom. The molecule has 1 saturated heterocycles. The fourth-order valence-corrected chi connectivity index (χ4v) is 1.62. The number of ether oxygens (including phenoxy) is 1. The molecular formula is C10H15N5O2. The molecule has 1 aromatic rings. The van der Waals surface area contributed by atoms with Crippen LogP contribution in [0.5, 0.6) is 5.88 Å². The number of hydrogen-bond acceptors (Lipinski definition) is 6. The van der Waals surface area contributed by atoms with E-state index in [0.717, 1.165) is 6.42 Å². The molecule has 1 aliphatic rings. The van der Waals surface area contributed by atoms with Crippen molar-refractivity contribution in [2.45, 2.75) is 25.6 Å². The van der Waals surface area contributed by atoms with E-state index >= 15 is 0 Å². The van der Waals surface area contributed by atoms with Gasteiger partial charge in [0.2, 0.25) is 5.88 Å². The third kappa shape index (κ3) is 2.89. The molecule has 2 unspecified atom stereocenters. The molecule has 1 aromatic heterocycles. The normalized spacial score (nSPS) is 23.4. The van der Waals surface area contributed by atoms with Crippen LogP contribution < -0.4 is 20.9 Å². The molecule has 1 fully saturated rings. The monoisotopic (exact) mass is 237 g/mol. The lowest BCUT2D eigenvalue weighted by atomic mass is 10.2. The summed E-state index contributed by atoms with van der Waals surface area (Å²) in [6.07, 6.45) is 2.04. The van der Waals surface area contributed by atoms with Gasteiger partial charge in [0.1, 0.15) is 12.0 Å². The van der Waals surface area contributed by atoms with Crippen LogP contribution in [0, 0.1) is 0 Å². The molecule has 1 aliphatic heterocycles. The molecule has 0 aromatic carbocycles. The van der Waals surface area contributed by atoms with Crippen molar-refractivity contribution >= 4 is 5.91 Å². The number of aromatic nitrogens is 2. The summed E-state index contributed by atoms with van der Waals surface area (Å²) in [5.74, 6) is 0.120. The summed E-state index contributed by atoms with van der Waals surface area (Å²) in [5, 5.41) is 2.82. The highest BCUT2D eigenvalue weighted by molar-refractivity contribution is 5.92. The molecule has 2 atom stereocenters. The second-order valence-electron chi connectivity index (χ2n) is 3.90. The van der Waals surface area contributed by atoms with E-state index < -0.39 is 0 Å². The SMILES string of the molecule is COc1cc(C(=O)NC2CC(C)NN2)ncn1. The quantitative estimate of drug-likeness (QED) is 0.652. The van der Waals surface area contributed by atoms with Crippen LogP contribution in [0.25, 0.3) is 0 Å². The minimum Gasteiger partial charge on any atom is -0.481 e. The Morgan fingerprint density at radius 1 is 1.53 bits per heavy atom. The molecule has 7 nitrogen and oxygen atoms in total. The van der Waals surface area contributed by atoms with E-state index in [4.69, 9.17) is 4.74 Å². The van der Waals surface area contributed by atoms with Crippen molar-refractivity contribution in [2.75, 3.05) is 7.11 Å². The predicted molar refractivity (Wildman–Crippen MR) is 60.2 cm³/mol. The number of rotatable bonds is 3. The van der Waals surface area contributed by atoms with Gasteiger partial charge in [0.05, 0.1) is 13.3 Å². The zero-order chi connectivity index (χ0) is 12.3. The number of hydrazine groups is 1. The number of carbonyl (C=O) groups excluding carboxylic acids is 1.